The number of imide groups is 1. The van der Waals surface area contributed by atoms with Crippen molar-refractivity contribution < 1.29 is 14.3 Å². The molecule has 0 spiro atoms. The van der Waals surface area contributed by atoms with Gasteiger partial charge in [0, 0.05) is 19.3 Å². The second-order valence-electron chi connectivity index (χ2n) is 9.98. The number of piperidine rings is 1. The van der Waals surface area contributed by atoms with E-state index in [1.165, 1.54) is 21.6 Å². The van der Waals surface area contributed by atoms with Crippen LogP contribution in [0, 0.1) is 19.8 Å². The number of nitrogens with one attached hydrogen (secondary N) is 1. The zero-order valence-electron chi connectivity index (χ0n) is 20.1. The molecule has 3 aliphatic rings. The van der Waals surface area contributed by atoms with E-state index in [1.807, 2.05) is 18.2 Å². The summed E-state index contributed by atoms with van der Waals surface area (Å²) in [6.07, 6.45) is 5.12. The lowest BCUT2D eigenvalue weighted by Gasteiger charge is -2.40. The average molecular weight is 463 g/mol. The molecule has 0 aliphatic carbocycles. The molecule has 3 aliphatic heterocycles. The third-order valence-corrected chi connectivity index (χ3v) is 7.70. The summed E-state index contributed by atoms with van der Waals surface area (Å²) < 4.78 is 5.72. The molecule has 1 aromatic carbocycles. The van der Waals surface area contributed by atoms with E-state index in [4.69, 9.17) is 4.74 Å². The Kier molecular flexibility index (Phi) is 6.40. The highest BCUT2D eigenvalue weighted by Crippen LogP contribution is 2.41. The predicted octanol–water partition coefficient (Wildman–Crippen LogP) is 3.54. The van der Waals surface area contributed by atoms with E-state index in [0.717, 1.165) is 45.3 Å². The summed E-state index contributed by atoms with van der Waals surface area (Å²) >= 11 is 0. The number of aromatic nitrogens is 1. The molecule has 34 heavy (non-hydrogen) atoms. The average Bonchev–Trinajstić information content (AvgIpc) is 3.45. The Morgan fingerprint density at radius 2 is 1.94 bits per heavy atom. The van der Waals surface area contributed by atoms with Gasteiger partial charge in [0.2, 0.25) is 0 Å². The Labute approximate surface area is 201 Å². The number of nitrogens with zero attached hydrogens (tertiary/aromatic N) is 3. The third kappa shape index (κ3) is 4.23. The molecular weight excluding hydrogens is 428 g/mol. The number of rotatable bonds is 6. The summed E-state index contributed by atoms with van der Waals surface area (Å²) in [5.41, 5.74) is 3.46. The van der Waals surface area contributed by atoms with E-state index in [1.54, 1.807) is 6.20 Å². The molecule has 180 valence electrons. The van der Waals surface area contributed by atoms with Gasteiger partial charge in [0.15, 0.2) is 5.54 Å². The van der Waals surface area contributed by atoms with Crippen molar-refractivity contribution in [3.8, 4) is 0 Å². The van der Waals surface area contributed by atoms with Crippen molar-refractivity contribution in [1.29, 1.82) is 0 Å². The lowest BCUT2D eigenvalue weighted by atomic mass is 9.75. The van der Waals surface area contributed by atoms with Crippen LogP contribution in [0.2, 0.25) is 0 Å². The molecule has 7 nitrogen and oxygen atoms in total. The molecule has 0 radical (unpaired) electrons. The number of urea groups is 1. The minimum atomic E-state index is -1.11. The topological polar surface area (TPSA) is 74.8 Å². The van der Waals surface area contributed by atoms with Gasteiger partial charge in [-0.2, -0.15) is 0 Å². The normalized spacial score (nSPS) is 26.3. The molecule has 1 aromatic heterocycles. The standard InChI is InChI=1S/C27H34N4O3/c1-19-8-9-21(20(2)16-19)17-30-13-10-22(11-14-30)27(24-7-3-4-12-28-24)25(32)31(26(33)29-27)18-23-6-5-15-34-23/h3-4,7-9,12,16,22-23H,5-6,10-11,13-15,17-18H2,1-2H3,(H,29,33)/t23-,27-/m0/s1. The van der Waals surface area contributed by atoms with E-state index in [-0.39, 0.29) is 24.0 Å². The van der Waals surface area contributed by atoms with Crippen LogP contribution < -0.4 is 5.32 Å². The van der Waals surface area contributed by atoms with Gasteiger partial charge in [-0.15, -0.1) is 0 Å². The van der Waals surface area contributed by atoms with Crippen molar-refractivity contribution in [3.05, 3.63) is 65.0 Å². The molecular formula is C27H34N4O3. The Hall–Kier alpha value is -2.77. The Morgan fingerprint density at radius 3 is 2.62 bits per heavy atom. The molecule has 3 amide bonds. The van der Waals surface area contributed by atoms with E-state index in [2.05, 4.69) is 47.2 Å². The second-order valence-corrected chi connectivity index (χ2v) is 9.98. The lowest BCUT2D eigenvalue weighted by molar-refractivity contribution is -0.135. The van der Waals surface area contributed by atoms with Crippen molar-refractivity contribution >= 4 is 11.9 Å². The number of carbonyl (C=O) groups excluding carboxylic acids is 2. The van der Waals surface area contributed by atoms with Gasteiger partial charge < -0.3 is 10.1 Å². The van der Waals surface area contributed by atoms with Crippen LogP contribution in [-0.2, 0) is 21.6 Å². The van der Waals surface area contributed by atoms with Crippen LogP contribution in [0.25, 0.3) is 0 Å². The summed E-state index contributed by atoms with van der Waals surface area (Å²) in [7, 11) is 0. The number of carbonyl (C=O) groups is 2. The number of hydrogen-bond donors (Lipinski definition) is 1. The zero-order chi connectivity index (χ0) is 23.7. The fourth-order valence-electron chi connectivity index (χ4n) is 5.80. The Balaban J connectivity index is 1.35. The summed E-state index contributed by atoms with van der Waals surface area (Å²) in [4.78, 5) is 35.4. The van der Waals surface area contributed by atoms with E-state index < -0.39 is 5.54 Å². The molecule has 0 saturated carbocycles. The minimum absolute atomic E-state index is 0.0105. The summed E-state index contributed by atoms with van der Waals surface area (Å²) in [6.45, 7) is 7.95. The van der Waals surface area contributed by atoms with Crippen LogP contribution in [0.15, 0.2) is 42.6 Å². The minimum Gasteiger partial charge on any atom is -0.376 e. The number of aryl methyl sites for hydroxylation is 2. The van der Waals surface area contributed by atoms with Crippen LogP contribution in [0.1, 0.15) is 48.1 Å². The van der Waals surface area contributed by atoms with Crippen molar-refractivity contribution in [2.45, 2.75) is 57.7 Å². The number of hydrogen-bond acceptors (Lipinski definition) is 5. The molecule has 4 heterocycles. The first-order valence-corrected chi connectivity index (χ1v) is 12.4. The lowest BCUT2D eigenvalue weighted by Crippen LogP contribution is -2.54. The number of amides is 3. The summed E-state index contributed by atoms with van der Waals surface area (Å²) in [5.74, 6) is -0.191. The second kappa shape index (κ2) is 9.47. The first-order chi connectivity index (χ1) is 16.5. The first-order valence-electron chi connectivity index (χ1n) is 12.4. The molecule has 1 N–H and O–H groups in total. The molecule has 3 saturated heterocycles. The largest absolute Gasteiger partial charge is 0.376 e. The van der Waals surface area contributed by atoms with E-state index in [0.29, 0.717) is 18.8 Å². The quantitative estimate of drug-likeness (QED) is 0.665. The maximum Gasteiger partial charge on any atom is 0.325 e. The van der Waals surface area contributed by atoms with Crippen molar-refractivity contribution in [2.24, 2.45) is 5.92 Å². The number of benzene rings is 1. The number of ether oxygens (including phenoxy) is 1. The van der Waals surface area contributed by atoms with Crippen LogP contribution in [0.5, 0.6) is 0 Å². The smallest absolute Gasteiger partial charge is 0.325 e. The molecule has 5 rings (SSSR count). The van der Waals surface area contributed by atoms with Gasteiger partial charge in [-0.3, -0.25) is 19.6 Å². The maximum absolute atomic E-state index is 13.9. The zero-order valence-corrected chi connectivity index (χ0v) is 20.1. The summed E-state index contributed by atoms with van der Waals surface area (Å²) in [5, 5.41) is 3.11. The van der Waals surface area contributed by atoms with Gasteiger partial charge in [-0.25, -0.2) is 4.79 Å². The highest BCUT2D eigenvalue weighted by molar-refractivity contribution is 6.07. The van der Waals surface area contributed by atoms with E-state index in [9.17, 15) is 9.59 Å². The third-order valence-electron chi connectivity index (χ3n) is 7.70. The van der Waals surface area contributed by atoms with Gasteiger partial charge in [-0.05, 0) is 81.8 Å². The van der Waals surface area contributed by atoms with Gasteiger partial charge in [0.05, 0.1) is 18.3 Å². The molecule has 7 heteroatoms. The monoisotopic (exact) mass is 462 g/mol. The van der Waals surface area contributed by atoms with Gasteiger partial charge in [0.1, 0.15) is 0 Å². The molecule has 2 aromatic rings. The summed E-state index contributed by atoms with van der Waals surface area (Å²) in [6, 6.07) is 11.9. The molecule has 2 atom stereocenters. The van der Waals surface area contributed by atoms with Gasteiger partial charge >= 0.3 is 6.03 Å². The first kappa shape index (κ1) is 23.0. The fourth-order valence-corrected chi connectivity index (χ4v) is 5.80. The van der Waals surface area contributed by atoms with Crippen LogP contribution >= 0.6 is 0 Å². The fraction of sp³-hybridized carbons (Fsp3) is 0.519. The Morgan fingerprint density at radius 1 is 1.12 bits per heavy atom. The van der Waals surface area contributed by atoms with Crippen molar-refractivity contribution in [3.63, 3.8) is 0 Å². The highest BCUT2D eigenvalue weighted by Gasteiger charge is 2.58. The van der Waals surface area contributed by atoms with Gasteiger partial charge in [-0.1, -0.05) is 29.8 Å². The molecule has 0 bridgehead atoms. The van der Waals surface area contributed by atoms with Crippen LogP contribution in [0.3, 0.4) is 0 Å². The van der Waals surface area contributed by atoms with E-state index >= 15 is 0 Å². The van der Waals surface area contributed by atoms with Crippen molar-refractivity contribution in [1.82, 2.24) is 20.1 Å². The predicted molar refractivity (Wildman–Crippen MR) is 129 cm³/mol. The highest BCUT2D eigenvalue weighted by atomic mass is 16.5. The van der Waals surface area contributed by atoms with Crippen LogP contribution in [-0.4, -0.2) is 59.1 Å². The van der Waals surface area contributed by atoms with Crippen molar-refractivity contribution in [2.75, 3.05) is 26.2 Å². The van der Waals surface area contributed by atoms with Crippen LogP contribution in [0.4, 0.5) is 4.79 Å². The maximum atomic E-state index is 13.9. The molecule has 3 fully saturated rings. The van der Waals surface area contributed by atoms with Gasteiger partial charge in [0.25, 0.3) is 5.91 Å². The molecule has 0 unspecified atom stereocenters. The SMILES string of the molecule is Cc1ccc(CN2CCC([C@@]3(c4ccccn4)NC(=O)N(C[C@@H]4CCCO4)C3=O)CC2)c(C)c1. The number of likely N-dealkylation sites (tertiary alicyclic amines) is 1. The number of pyridine rings is 1. The Bertz CT molecular complexity index is 1050.